The molecule has 30 heavy (non-hydrogen) atoms. The molecule has 7 nitrogen and oxygen atoms in total. The molecule has 0 fully saturated rings. The third kappa shape index (κ3) is 3.08. The molecule has 150 valence electrons. The number of fused-ring (bicyclic) bond motifs is 2. The highest BCUT2D eigenvalue weighted by Crippen LogP contribution is 2.40. The summed E-state index contributed by atoms with van der Waals surface area (Å²) in [7, 11) is -4.76. The summed E-state index contributed by atoms with van der Waals surface area (Å²) in [4.78, 5) is 25.7. The molecule has 0 spiro atoms. The largest absolute Gasteiger partial charge is 0.397 e. The second kappa shape index (κ2) is 6.94. The molecular weight excluding hydrogens is 404 g/mol. The fourth-order valence-electron chi connectivity index (χ4n) is 3.50. The van der Waals surface area contributed by atoms with E-state index in [9.17, 15) is 22.6 Å². The highest BCUT2D eigenvalue weighted by molar-refractivity contribution is 7.86. The van der Waals surface area contributed by atoms with E-state index in [1.165, 1.54) is 12.1 Å². The second-order valence-electron chi connectivity index (χ2n) is 6.72. The Morgan fingerprint density at radius 1 is 0.933 bits per heavy atom. The van der Waals surface area contributed by atoms with Gasteiger partial charge in [-0.05, 0) is 23.8 Å². The third-order valence-electron chi connectivity index (χ3n) is 4.88. The van der Waals surface area contributed by atoms with Gasteiger partial charge >= 0.3 is 0 Å². The number of hydrogen-bond donors (Lipinski definition) is 3. The molecule has 0 saturated heterocycles. The number of benzene rings is 3. The Kier molecular flexibility index (Phi) is 4.53. The number of nitrogens with one attached hydrogen (secondary N) is 1. The summed E-state index contributed by atoms with van der Waals surface area (Å²) < 4.78 is 33.5. The number of rotatable bonds is 4. The molecule has 3 aromatic carbocycles. The monoisotopic (exact) mass is 420 g/mol. The van der Waals surface area contributed by atoms with Crippen molar-refractivity contribution in [2.24, 2.45) is 0 Å². The van der Waals surface area contributed by atoms with Crippen molar-refractivity contribution < 1.29 is 22.6 Å². The molecule has 4 N–H and O–H groups in total. The van der Waals surface area contributed by atoms with Crippen molar-refractivity contribution in [2.75, 3.05) is 11.1 Å². The molecule has 0 amide bonds. The van der Waals surface area contributed by atoms with Crippen LogP contribution < -0.4 is 11.1 Å². The van der Waals surface area contributed by atoms with Crippen LogP contribution in [0.1, 0.15) is 37.4 Å². The first kappa shape index (κ1) is 19.6. The van der Waals surface area contributed by atoms with Crippen molar-refractivity contribution >= 4 is 44.8 Å². The Hall–Kier alpha value is -3.75. The van der Waals surface area contributed by atoms with Gasteiger partial charge in [0.25, 0.3) is 10.1 Å². The molecule has 0 aliphatic heterocycles. The van der Waals surface area contributed by atoms with Gasteiger partial charge in [0, 0.05) is 16.8 Å². The molecule has 3 aromatic rings. The van der Waals surface area contributed by atoms with Crippen molar-refractivity contribution in [2.45, 2.75) is 4.90 Å². The zero-order valence-corrected chi connectivity index (χ0v) is 16.4. The lowest BCUT2D eigenvalue weighted by atomic mass is 9.82. The van der Waals surface area contributed by atoms with Gasteiger partial charge in [0.1, 0.15) is 4.90 Å². The van der Waals surface area contributed by atoms with Gasteiger partial charge in [0.05, 0.1) is 22.5 Å². The van der Waals surface area contributed by atoms with Crippen LogP contribution in [0.4, 0.5) is 17.1 Å². The summed E-state index contributed by atoms with van der Waals surface area (Å²) in [5.41, 5.74) is 6.85. The lowest BCUT2D eigenvalue weighted by Gasteiger charge is -2.23. The Balaban J connectivity index is 2.02. The molecule has 1 aliphatic carbocycles. The average molecular weight is 420 g/mol. The minimum Gasteiger partial charge on any atom is -0.397 e. The molecule has 0 bridgehead atoms. The molecule has 0 saturated carbocycles. The number of nitrogens with two attached hydrogens (primary N) is 1. The predicted molar refractivity (Wildman–Crippen MR) is 114 cm³/mol. The number of anilines is 3. The maximum absolute atomic E-state index is 13.2. The molecule has 1 aliphatic rings. The summed E-state index contributed by atoms with van der Waals surface area (Å²) in [6.07, 6.45) is 1.62. The number of carbonyl (C=O) groups excluding carboxylic acids is 2. The summed E-state index contributed by atoms with van der Waals surface area (Å²) in [6.45, 7) is 3.70. The minimum atomic E-state index is -4.76. The molecular formula is C22H16N2O5S. The van der Waals surface area contributed by atoms with E-state index in [-0.39, 0.29) is 27.9 Å². The zero-order valence-electron chi connectivity index (χ0n) is 15.5. The maximum atomic E-state index is 13.2. The minimum absolute atomic E-state index is 0.0425. The van der Waals surface area contributed by atoms with E-state index < -0.39 is 32.3 Å². The van der Waals surface area contributed by atoms with Gasteiger partial charge in [0.2, 0.25) is 0 Å². The van der Waals surface area contributed by atoms with Crippen molar-refractivity contribution in [3.63, 3.8) is 0 Å². The van der Waals surface area contributed by atoms with Crippen LogP contribution in [0.25, 0.3) is 6.08 Å². The van der Waals surface area contributed by atoms with Crippen LogP contribution in [0.3, 0.4) is 0 Å². The summed E-state index contributed by atoms with van der Waals surface area (Å²) in [5.74, 6) is -1.07. The van der Waals surface area contributed by atoms with Crippen LogP contribution >= 0.6 is 0 Å². The van der Waals surface area contributed by atoms with Crippen molar-refractivity contribution in [3.05, 3.63) is 89.0 Å². The second-order valence-corrected chi connectivity index (χ2v) is 8.11. The van der Waals surface area contributed by atoms with Crippen molar-refractivity contribution in [3.8, 4) is 0 Å². The van der Waals surface area contributed by atoms with Crippen LogP contribution in [0.2, 0.25) is 0 Å². The number of nitrogen functional groups attached to an aromatic ring is 1. The van der Waals surface area contributed by atoms with E-state index in [0.717, 1.165) is 11.6 Å². The molecule has 0 aromatic heterocycles. The molecule has 0 unspecified atom stereocenters. The molecule has 0 radical (unpaired) electrons. The summed E-state index contributed by atoms with van der Waals surface area (Å²) >= 11 is 0. The maximum Gasteiger partial charge on any atom is 0.296 e. The predicted octanol–water partition coefficient (Wildman–Crippen LogP) is 3.68. The quantitative estimate of drug-likeness (QED) is 0.339. The summed E-state index contributed by atoms with van der Waals surface area (Å²) in [6, 6.07) is 14.3. The van der Waals surface area contributed by atoms with Crippen molar-refractivity contribution in [1.82, 2.24) is 0 Å². The molecule has 4 rings (SSSR count). The topological polar surface area (TPSA) is 127 Å². The fraction of sp³-hybridized carbons (Fsp3) is 0. The first-order chi connectivity index (χ1) is 14.2. The van der Waals surface area contributed by atoms with Gasteiger partial charge in [-0.1, -0.05) is 49.1 Å². The molecule has 8 heteroatoms. The van der Waals surface area contributed by atoms with Gasteiger partial charge in [-0.25, -0.2) is 0 Å². The van der Waals surface area contributed by atoms with Gasteiger partial charge in [-0.2, -0.15) is 8.42 Å². The normalized spacial score (nSPS) is 12.8. The summed E-state index contributed by atoms with van der Waals surface area (Å²) in [5, 5.41) is 2.98. The van der Waals surface area contributed by atoms with E-state index >= 15 is 0 Å². The highest BCUT2D eigenvalue weighted by atomic mass is 32.2. The fourth-order valence-corrected chi connectivity index (χ4v) is 4.15. The Bertz CT molecular complexity index is 1360. The van der Waals surface area contributed by atoms with E-state index in [1.807, 2.05) is 6.07 Å². The Morgan fingerprint density at radius 3 is 2.17 bits per heavy atom. The van der Waals surface area contributed by atoms with Crippen LogP contribution in [0.5, 0.6) is 0 Å². The van der Waals surface area contributed by atoms with E-state index in [0.29, 0.717) is 5.69 Å². The van der Waals surface area contributed by atoms with E-state index in [2.05, 4.69) is 11.9 Å². The number of ketones is 2. The third-order valence-corrected chi connectivity index (χ3v) is 5.77. The van der Waals surface area contributed by atoms with E-state index in [4.69, 9.17) is 5.73 Å². The number of hydrogen-bond acceptors (Lipinski definition) is 6. The lowest BCUT2D eigenvalue weighted by molar-refractivity contribution is 0.0980. The lowest BCUT2D eigenvalue weighted by Crippen LogP contribution is -2.25. The highest BCUT2D eigenvalue weighted by Gasteiger charge is 2.36. The average Bonchev–Trinajstić information content (AvgIpc) is 2.72. The Morgan fingerprint density at radius 2 is 1.57 bits per heavy atom. The Labute approximate surface area is 172 Å². The van der Waals surface area contributed by atoms with Gasteiger partial charge in [0.15, 0.2) is 11.6 Å². The first-order valence-corrected chi connectivity index (χ1v) is 10.3. The number of carbonyl (C=O) groups is 2. The van der Waals surface area contributed by atoms with Crippen LogP contribution in [-0.4, -0.2) is 24.5 Å². The molecule has 0 heterocycles. The first-order valence-electron chi connectivity index (χ1n) is 8.84. The van der Waals surface area contributed by atoms with Crippen LogP contribution in [0.15, 0.2) is 66.1 Å². The van der Waals surface area contributed by atoms with Gasteiger partial charge in [-0.3, -0.25) is 14.1 Å². The van der Waals surface area contributed by atoms with Crippen LogP contribution in [-0.2, 0) is 10.1 Å². The van der Waals surface area contributed by atoms with Gasteiger partial charge in [-0.15, -0.1) is 0 Å². The van der Waals surface area contributed by atoms with Crippen molar-refractivity contribution in [1.29, 1.82) is 0 Å². The zero-order chi connectivity index (χ0) is 21.6. The van der Waals surface area contributed by atoms with E-state index in [1.54, 1.807) is 36.4 Å². The molecule has 0 atom stereocenters. The SMILES string of the molecule is C=Cc1cccc(Nc2cc(S(=O)(=O)O)c(N)c3c2C(=O)c2ccccc2C3=O)c1. The standard InChI is InChI=1S/C22H16N2O5S/c1-2-12-6-5-7-13(10-12)24-16-11-17(30(27,28)29)20(23)19-18(16)21(25)14-8-3-4-9-15(14)22(19)26/h2-11,24H,1,23H2,(H,27,28,29). The van der Waals surface area contributed by atoms with Gasteiger partial charge < -0.3 is 11.1 Å². The smallest absolute Gasteiger partial charge is 0.296 e. The van der Waals surface area contributed by atoms with Crippen LogP contribution in [0, 0.1) is 0 Å².